The summed E-state index contributed by atoms with van der Waals surface area (Å²) in [5, 5.41) is 0. The van der Waals surface area contributed by atoms with Gasteiger partial charge in [-0.05, 0) is 21.5 Å². The summed E-state index contributed by atoms with van der Waals surface area (Å²) in [6, 6.07) is 10.2. The molecule has 0 aliphatic carbocycles. The number of nitrogens with zero attached hydrogens (tertiary/aromatic N) is 1. The van der Waals surface area contributed by atoms with Gasteiger partial charge in [-0.1, -0.05) is 42.5 Å². The van der Waals surface area contributed by atoms with E-state index in [0.717, 1.165) is 16.7 Å². The van der Waals surface area contributed by atoms with Crippen molar-refractivity contribution in [3.63, 3.8) is 0 Å². The first-order valence-electron chi connectivity index (χ1n) is 4.53. The molecule has 2 nitrogen and oxygen atoms in total. The van der Waals surface area contributed by atoms with Gasteiger partial charge in [0, 0.05) is 12.6 Å². The third-order valence-electron chi connectivity index (χ3n) is 2.02. The minimum absolute atomic E-state index is 0.691. The van der Waals surface area contributed by atoms with E-state index in [2.05, 4.69) is 38.0 Å². The van der Waals surface area contributed by atoms with E-state index in [4.69, 9.17) is 12.2 Å². The van der Waals surface area contributed by atoms with Gasteiger partial charge in [-0.25, -0.2) is 4.98 Å². The Labute approximate surface area is 102 Å². The van der Waals surface area contributed by atoms with E-state index in [9.17, 15) is 0 Å². The molecule has 2 aromatic rings. The standard InChI is InChI=1S/C11H9BrN2S/c12-9-7-13-10(14-11(9)15)6-8-4-2-1-3-5-8/h1-5,7H,6H2,(H,13,14,15). The van der Waals surface area contributed by atoms with Gasteiger partial charge in [0.1, 0.15) is 10.5 Å². The number of benzene rings is 1. The average Bonchev–Trinajstić information content (AvgIpc) is 2.25. The van der Waals surface area contributed by atoms with Crippen LogP contribution in [0.1, 0.15) is 11.4 Å². The fraction of sp³-hybridized carbons (Fsp3) is 0.0909. The number of H-pyrrole nitrogens is 1. The van der Waals surface area contributed by atoms with E-state index in [1.807, 2.05) is 18.2 Å². The number of hydrogen-bond acceptors (Lipinski definition) is 2. The van der Waals surface area contributed by atoms with E-state index < -0.39 is 0 Å². The van der Waals surface area contributed by atoms with Crippen LogP contribution in [0, 0.1) is 4.64 Å². The van der Waals surface area contributed by atoms with Gasteiger partial charge in [0.2, 0.25) is 0 Å². The van der Waals surface area contributed by atoms with Crippen molar-refractivity contribution in [2.75, 3.05) is 0 Å². The lowest BCUT2D eigenvalue weighted by Crippen LogP contribution is -1.96. The van der Waals surface area contributed by atoms with Crippen LogP contribution in [0.2, 0.25) is 0 Å². The second-order valence-electron chi connectivity index (χ2n) is 3.17. The summed E-state index contributed by atoms with van der Waals surface area (Å²) >= 11 is 8.43. The van der Waals surface area contributed by atoms with Gasteiger partial charge in [-0.3, -0.25) is 0 Å². The van der Waals surface area contributed by atoms with E-state index in [1.165, 1.54) is 5.56 Å². The molecule has 0 spiro atoms. The van der Waals surface area contributed by atoms with E-state index in [0.29, 0.717) is 4.64 Å². The van der Waals surface area contributed by atoms with Crippen molar-refractivity contribution in [2.45, 2.75) is 6.42 Å². The van der Waals surface area contributed by atoms with Crippen LogP contribution in [-0.4, -0.2) is 9.97 Å². The molecule has 1 N–H and O–H groups in total. The van der Waals surface area contributed by atoms with E-state index >= 15 is 0 Å². The highest BCUT2D eigenvalue weighted by Gasteiger charge is 1.98. The van der Waals surface area contributed by atoms with Gasteiger partial charge >= 0.3 is 0 Å². The molecule has 0 bridgehead atoms. The van der Waals surface area contributed by atoms with Gasteiger partial charge in [0.15, 0.2) is 0 Å². The fourth-order valence-corrected chi connectivity index (χ4v) is 1.67. The molecule has 0 fully saturated rings. The molecule has 2 rings (SSSR count). The summed E-state index contributed by atoms with van der Waals surface area (Å²) in [6.07, 6.45) is 2.51. The van der Waals surface area contributed by atoms with Crippen LogP contribution < -0.4 is 0 Å². The molecule has 1 heterocycles. The minimum atomic E-state index is 0.691. The predicted molar refractivity (Wildman–Crippen MR) is 66.4 cm³/mol. The summed E-state index contributed by atoms with van der Waals surface area (Å²) < 4.78 is 1.52. The highest BCUT2D eigenvalue weighted by molar-refractivity contribution is 9.10. The second kappa shape index (κ2) is 4.68. The van der Waals surface area contributed by atoms with Gasteiger partial charge in [0.25, 0.3) is 0 Å². The number of aromatic nitrogens is 2. The molecule has 0 aliphatic heterocycles. The molecule has 1 aromatic heterocycles. The zero-order chi connectivity index (χ0) is 10.7. The van der Waals surface area contributed by atoms with Crippen LogP contribution in [0.25, 0.3) is 0 Å². The summed E-state index contributed by atoms with van der Waals surface area (Å²) in [6.45, 7) is 0. The quantitative estimate of drug-likeness (QED) is 0.853. The Morgan fingerprint density at radius 1 is 1.27 bits per heavy atom. The molecule has 15 heavy (non-hydrogen) atoms. The van der Waals surface area contributed by atoms with Crippen LogP contribution in [0.3, 0.4) is 0 Å². The number of aromatic amines is 1. The topological polar surface area (TPSA) is 28.7 Å². The lowest BCUT2D eigenvalue weighted by molar-refractivity contribution is 0.953. The van der Waals surface area contributed by atoms with Crippen molar-refractivity contribution in [3.8, 4) is 0 Å². The molecule has 0 unspecified atom stereocenters. The van der Waals surface area contributed by atoms with Crippen molar-refractivity contribution in [1.29, 1.82) is 0 Å². The van der Waals surface area contributed by atoms with Crippen molar-refractivity contribution < 1.29 is 0 Å². The fourth-order valence-electron chi connectivity index (χ4n) is 1.30. The van der Waals surface area contributed by atoms with E-state index in [-0.39, 0.29) is 0 Å². The number of rotatable bonds is 2. The lowest BCUT2D eigenvalue weighted by Gasteiger charge is -2.01. The second-order valence-corrected chi connectivity index (χ2v) is 4.43. The Morgan fingerprint density at radius 2 is 2.00 bits per heavy atom. The lowest BCUT2D eigenvalue weighted by atomic mass is 10.1. The number of halogens is 1. The molecular formula is C11H9BrN2S. The molecule has 0 atom stereocenters. The molecule has 0 saturated heterocycles. The summed E-state index contributed by atoms with van der Waals surface area (Å²) in [4.78, 5) is 7.35. The Morgan fingerprint density at radius 3 is 2.67 bits per heavy atom. The first kappa shape index (κ1) is 10.5. The summed E-state index contributed by atoms with van der Waals surface area (Å²) in [7, 11) is 0. The first-order valence-corrected chi connectivity index (χ1v) is 5.73. The molecule has 1 aromatic carbocycles. The molecular weight excluding hydrogens is 272 g/mol. The normalized spacial score (nSPS) is 10.2. The molecule has 0 aliphatic rings. The Kier molecular flexibility index (Phi) is 3.28. The van der Waals surface area contributed by atoms with Gasteiger partial charge in [-0.15, -0.1) is 0 Å². The van der Waals surface area contributed by atoms with Crippen LogP contribution in [0.5, 0.6) is 0 Å². The molecule has 4 heteroatoms. The highest BCUT2D eigenvalue weighted by atomic mass is 79.9. The van der Waals surface area contributed by atoms with Crippen molar-refractivity contribution in [3.05, 3.63) is 57.0 Å². The predicted octanol–water partition coefficient (Wildman–Crippen LogP) is 3.49. The Bertz CT molecular complexity index is 507. The molecule has 76 valence electrons. The summed E-state index contributed by atoms with van der Waals surface area (Å²) in [5.41, 5.74) is 1.22. The van der Waals surface area contributed by atoms with Gasteiger partial charge < -0.3 is 4.98 Å². The highest BCUT2D eigenvalue weighted by Crippen LogP contribution is 2.10. The van der Waals surface area contributed by atoms with Crippen molar-refractivity contribution in [2.24, 2.45) is 0 Å². The van der Waals surface area contributed by atoms with Crippen LogP contribution in [0.4, 0.5) is 0 Å². The van der Waals surface area contributed by atoms with Crippen molar-refractivity contribution >= 4 is 28.1 Å². The van der Waals surface area contributed by atoms with Gasteiger partial charge in [0.05, 0.1) is 4.47 Å². The molecule has 0 saturated carbocycles. The number of hydrogen-bond donors (Lipinski definition) is 1. The largest absolute Gasteiger partial charge is 0.334 e. The monoisotopic (exact) mass is 280 g/mol. The minimum Gasteiger partial charge on any atom is -0.334 e. The average molecular weight is 281 g/mol. The maximum atomic E-state index is 5.11. The molecule has 0 amide bonds. The van der Waals surface area contributed by atoms with Crippen LogP contribution >= 0.6 is 28.1 Å². The first-order chi connectivity index (χ1) is 7.25. The Hall–Kier alpha value is -1.00. The third kappa shape index (κ3) is 2.73. The molecule has 0 radical (unpaired) electrons. The maximum absolute atomic E-state index is 5.11. The van der Waals surface area contributed by atoms with Crippen LogP contribution in [0.15, 0.2) is 41.0 Å². The van der Waals surface area contributed by atoms with E-state index in [1.54, 1.807) is 6.20 Å². The van der Waals surface area contributed by atoms with Gasteiger partial charge in [-0.2, -0.15) is 0 Å². The zero-order valence-corrected chi connectivity index (χ0v) is 10.3. The smallest absolute Gasteiger partial charge is 0.120 e. The Balaban J connectivity index is 2.26. The summed E-state index contributed by atoms with van der Waals surface area (Å²) in [5.74, 6) is 0.884. The zero-order valence-electron chi connectivity index (χ0n) is 7.90. The maximum Gasteiger partial charge on any atom is 0.120 e. The SMILES string of the molecule is S=c1[nH]c(Cc2ccccc2)ncc1Br. The number of nitrogens with one attached hydrogen (secondary N) is 1. The van der Waals surface area contributed by atoms with Crippen molar-refractivity contribution in [1.82, 2.24) is 9.97 Å². The third-order valence-corrected chi connectivity index (χ3v) is 3.21. The van der Waals surface area contributed by atoms with Crippen LogP contribution in [-0.2, 0) is 6.42 Å².